The fraction of sp³-hybridized carbons (Fsp3) is 0.538. The van der Waals surface area contributed by atoms with Gasteiger partial charge in [-0.1, -0.05) is 11.6 Å². The topological polar surface area (TPSA) is 44.5 Å². The molecular formula is C13H19BClNO2. The van der Waals surface area contributed by atoms with Crippen LogP contribution in [0, 0.1) is 6.92 Å². The summed E-state index contributed by atoms with van der Waals surface area (Å²) >= 11 is 5.98. The predicted octanol–water partition coefficient (Wildman–Crippen LogP) is 2.53. The molecule has 0 aliphatic carbocycles. The largest absolute Gasteiger partial charge is 0.497 e. The van der Waals surface area contributed by atoms with Gasteiger partial charge in [0.2, 0.25) is 0 Å². The number of halogens is 1. The predicted molar refractivity (Wildman–Crippen MR) is 76.3 cm³/mol. The van der Waals surface area contributed by atoms with Crippen molar-refractivity contribution in [2.24, 2.45) is 0 Å². The Hall–Kier alpha value is -0.705. The van der Waals surface area contributed by atoms with Crippen LogP contribution in [0.1, 0.15) is 33.3 Å². The minimum Gasteiger partial charge on any atom is -0.399 e. The van der Waals surface area contributed by atoms with E-state index in [0.717, 1.165) is 11.0 Å². The number of aryl methyl sites for hydroxylation is 1. The first-order chi connectivity index (χ1) is 8.14. The second-order valence-electron chi connectivity index (χ2n) is 5.81. The van der Waals surface area contributed by atoms with Crippen molar-refractivity contribution >= 4 is 29.9 Å². The van der Waals surface area contributed by atoms with Gasteiger partial charge in [-0.05, 0) is 52.3 Å². The number of hydrogen-bond acceptors (Lipinski definition) is 3. The molecule has 1 aromatic carbocycles. The minimum atomic E-state index is -0.438. The van der Waals surface area contributed by atoms with Crippen molar-refractivity contribution in [2.75, 3.05) is 5.73 Å². The Labute approximate surface area is 114 Å². The zero-order chi connectivity index (χ0) is 13.7. The van der Waals surface area contributed by atoms with Crippen LogP contribution < -0.4 is 11.2 Å². The molecule has 0 radical (unpaired) electrons. The lowest BCUT2D eigenvalue weighted by Crippen LogP contribution is -2.41. The molecule has 0 unspecified atom stereocenters. The molecule has 0 saturated carbocycles. The van der Waals surface area contributed by atoms with Gasteiger partial charge in [-0.25, -0.2) is 0 Å². The molecule has 98 valence electrons. The Morgan fingerprint density at radius 3 is 2.06 bits per heavy atom. The summed E-state index contributed by atoms with van der Waals surface area (Å²) in [6, 6.07) is 3.60. The first-order valence-corrected chi connectivity index (χ1v) is 6.43. The molecular weight excluding hydrogens is 248 g/mol. The third kappa shape index (κ3) is 2.13. The third-order valence-corrected chi connectivity index (χ3v) is 4.09. The van der Waals surface area contributed by atoms with E-state index < -0.39 is 7.12 Å². The van der Waals surface area contributed by atoms with Crippen molar-refractivity contribution in [1.82, 2.24) is 0 Å². The van der Waals surface area contributed by atoms with Gasteiger partial charge in [0.1, 0.15) is 0 Å². The molecule has 1 heterocycles. The van der Waals surface area contributed by atoms with E-state index in [-0.39, 0.29) is 11.2 Å². The highest BCUT2D eigenvalue weighted by atomic mass is 35.5. The average Bonchev–Trinajstić information content (AvgIpc) is 2.32. The van der Waals surface area contributed by atoms with E-state index in [1.165, 1.54) is 0 Å². The Kier molecular flexibility index (Phi) is 3.17. The quantitative estimate of drug-likeness (QED) is 0.628. The highest BCUT2D eigenvalue weighted by molar-refractivity contribution is 6.64. The number of benzene rings is 1. The summed E-state index contributed by atoms with van der Waals surface area (Å²) in [7, 11) is -0.438. The zero-order valence-electron chi connectivity index (χ0n) is 11.5. The van der Waals surface area contributed by atoms with Gasteiger partial charge in [-0.2, -0.15) is 0 Å². The first kappa shape index (κ1) is 13.7. The molecule has 18 heavy (non-hydrogen) atoms. The molecule has 2 N–H and O–H groups in total. The molecule has 0 spiro atoms. The van der Waals surface area contributed by atoms with E-state index in [2.05, 4.69) is 0 Å². The maximum Gasteiger partial charge on any atom is 0.497 e. The van der Waals surface area contributed by atoms with Crippen molar-refractivity contribution < 1.29 is 9.31 Å². The Bertz CT molecular complexity index is 449. The maximum atomic E-state index is 6.03. The van der Waals surface area contributed by atoms with Crippen LogP contribution in [-0.2, 0) is 9.31 Å². The number of nitrogen functional groups attached to an aromatic ring is 1. The molecule has 1 saturated heterocycles. The van der Waals surface area contributed by atoms with Crippen LogP contribution in [0.5, 0.6) is 0 Å². The average molecular weight is 268 g/mol. The smallest absolute Gasteiger partial charge is 0.399 e. The minimum absolute atomic E-state index is 0.365. The number of rotatable bonds is 1. The second kappa shape index (κ2) is 4.15. The van der Waals surface area contributed by atoms with E-state index in [9.17, 15) is 0 Å². The maximum absolute atomic E-state index is 6.03. The van der Waals surface area contributed by atoms with E-state index in [4.69, 9.17) is 26.6 Å². The van der Waals surface area contributed by atoms with E-state index in [1.54, 1.807) is 6.07 Å². The molecule has 5 heteroatoms. The molecule has 2 rings (SSSR count). The second-order valence-corrected chi connectivity index (χ2v) is 6.25. The lowest BCUT2D eigenvalue weighted by Gasteiger charge is -2.32. The Balaban J connectivity index is 2.42. The fourth-order valence-corrected chi connectivity index (χ4v) is 2.34. The van der Waals surface area contributed by atoms with Gasteiger partial charge in [-0.15, -0.1) is 0 Å². The number of anilines is 1. The van der Waals surface area contributed by atoms with E-state index in [1.807, 2.05) is 40.7 Å². The monoisotopic (exact) mass is 267 g/mol. The van der Waals surface area contributed by atoms with Crippen molar-refractivity contribution in [1.29, 1.82) is 0 Å². The molecule has 1 aliphatic rings. The zero-order valence-corrected chi connectivity index (χ0v) is 12.3. The first-order valence-electron chi connectivity index (χ1n) is 6.05. The molecule has 1 aliphatic heterocycles. The van der Waals surface area contributed by atoms with Gasteiger partial charge in [0.15, 0.2) is 0 Å². The van der Waals surface area contributed by atoms with Crippen LogP contribution in [0.15, 0.2) is 12.1 Å². The van der Waals surface area contributed by atoms with Gasteiger partial charge in [0.25, 0.3) is 0 Å². The molecule has 0 aromatic heterocycles. The molecule has 0 amide bonds. The summed E-state index contributed by atoms with van der Waals surface area (Å²) in [6.45, 7) is 10.0. The van der Waals surface area contributed by atoms with Crippen LogP contribution in [0.4, 0.5) is 5.69 Å². The number of nitrogens with two attached hydrogens (primary N) is 1. The Morgan fingerprint density at radius 1 is 1.11 bits per heavy atom. The van der Waals surface area contributed by atoms with Gasteiger partial charge >= 0.3 is 7.12 Å². The molecule has 0 atom stereocenters. The highest BCUT2D eigenvalue weighted by Crippen LogP contribution is 2.37. The summed E-state index contributed by atoms with van der Waals surface area (Å²) in [5.74, 6) is 0. The van der Waals surface area contributed by atoms with Crippen molar-refractivity contribution in [2.45, 2.75) is 45.8 Å². The van der Waals surface area contributed by atoms with Crippen LogP contribution in [-0.4, -0.2) is 18.3 Å². The summed E-state index contributed by atoms with van der Waals surface area (Å²) in [5, 5.41) is 0.630. The summed E-state index contributed by atoms with van der Waals surface area (Å²) in [6.07, 6.45) is 0. The molecule has 0 bridgehead atoms. The van der Waals surface area contributed by atoms with Crippen molar-refractivity contribution in [3.63, 3.8) is 0 Å². The fourth-order valence-electron chi connectivity index (χ4n) is 2.06. The van der Waals surface area contributed by atoms with Gasteiger partial charge in [0.05, 0.1) is 11.2 Å². The summed E-state index contributed by atoms with van der Waals surface area (Å²) < 4.78 is 12.0. The SMILES string of the molecule is Cc1cc(Cl)cc(N)c1B1OC(C)(C)C(C)(C)O1. The van der Waals surface area contributed by atoms with Crippen molar-refractivity contribution in [3.05, 3.63) is 22.7 Å². The normalized spacial score (nSPS) is 21.3. The highest BCUT2D eigenvalue weighted by Gasteiger charge is 2.52. The van der Waals surface area contributed by atoms with E-state index >= 15 is 0 Å². The van der Waals surface area contributed by atoms with Gasteiger partial charge in [-0.3, -0.25) is 0 Å². The third-order valence-electron chi connectivity index (χ3n) is 3.87. The lowest BCUT2D eigenvalue weighted by molar-refractivity contribution is 0.00578. The van der Waals surface area contributed by atoms with Crippen LogP contribution >= 0.6 is 11.6 Å². The van der Waals surface area contributed by atoms with Gasteiger partial charge in [0, 0.05) is 16.2 Å². The van der Waals surface area contributed by atoms with E-state index in [0.29, 0.717) is 10.7 Å². The number of hydrogen-bond donors (Lipinski definition) is 1. The molecule has 3 nitrogen and oxygen atoms in total. The van der Waals surface area contributed by atoms with Crippen LogP contribution in [0.2, 0.25) is 5.02 Å². The molecule has 1 fully saturated rings. The van der Waals surface area contributed by atoms with Crippen LogP contribution in [0.3, 0.4) is 0 Å². The lowest BCUT2D eigenvalue weighted by atomic mass is 9.75. The van der Waals surface area contributed by atoms with Crippen molar-refractivity contribution in [3.8, 4) is 0 Å². The standard InChI is InChI=1S/C13H19BClNO2/c1-8-6-9(15)7-10(16)11(8)14-17-12(2,3)13(4,5)18-14/h6-7H,16H2,1-5H3. The van der Waals surface area contributed by atoms with Gasteiger partial charge < -0.3 is 15.0 Å². The summed E-state index contributed by atoms with van der Waals surface area (Å²) in [4.78, 5) is 0. The summed E-state index contributed by atoms with van der Waals surface area (Å²) in [5.41, 5.74) is 7.77. The molecule has 1 aromatic rings. The van der Waals surface area contributed by atoms with Crippen LogP contribution in [0.25, 0.3) is 0 Å². The Morgan fingerprint density at radius 2 is 1.61 bits per heavy atom.